The highest BCUT2D eigenvalue weighted by Gasteiger charge is 2.21. The van der Waals surface area contributed by atoms with Gasteiger partial charge in [0.2, 0.25) is 0 Å². The number of aromatic nitrogens is 1. The van der Waals surface area contributed by atoms with Crippen LogP contribution in [0.15, 0.2) is 29.6 Å². The van der Waals surface area contributed by atoms with E-state index in [4.69, 9.17) is 0 Å². The number of halogens is 3. The van der Waals surface area contributed by atoms with E-state index in [0.29, 0.717) is 17.0 Å². The molecular formula is C16H17F3N2OS. The van der Waals surface area contributed by atoms with Gasteiger partial charge in [0.15, 0.2) is 0 Å². The molecule has 0 unspecified atom stereocenters. The topological polar surface area (TPSA) is 33.2 Å². The third-order valence-electron chi connectivity index (χ3n) is 3.21. The molecule has 0 N–H and O–H groups in total. The molecule has 0 spiro atoms. The molecule has 1 aromatic carbocycles. The minimum absolute atomic E-state index is 0.135. The van der Waals surface area contributed by atoms with Crippen LogP contribution in [0.2, 0.25) is 0 Å². The van der Waals surface area contributed by atoms with Gasteiger partial charge in [-0.15, -0.1) is 11.3 Å². The Kier molecular flexibility index (Phi) is 6.15. The summed E-state index contributed by atoms with van der Waals surface area (Å²) in [5, 5.41) is 2.11. The molecule has 2 aromatic rings. The molecular weight excluding hydrogens is 325 g/mol. The zero-order valence-electron chi connectivity index (χ0n) is 12.6. The molecule has 0 aliphatic heterocycles. The van der Waals surface area contributed by atoms with Gasteiger partial charge in [0.05, 0.1) is 11.6 Å². The summed E-state index contributed by atoms with van der Waals surface area (Å²) < 4.78 is 38.8. The third kappa shape index (κ3) is 4.79. The number of alkyl halides is 2. The summed E-state index contributed by atoms with van der Waals surface area (Å²) in [7, 11) is 0. The number of nitrogens with zero attached hydrogens (tertiary/aromatic N) is 2. The molecule has 2 rings (SSSR count). The molecule has 1 heterocycles. The quantitative estimate of drug-likeness (QED) is 0.762. The monoisotopic (exact) mass is 342 g/mol. The van der Waals surface area contributed by atoms with E-state index in [1.165, 1.54) is 22.8 Å². The van der Waals surface area contributed by atoms with Gasteiger partial charge in [-0.2, -0.15) is 0 Å². The molecule has 1 amide bonds. The van der Waals surface area contributed by atoms with Crippen molar-refractivity contribution in [1.29, 1.82) is 0 Å². The minimum atomic E-state index is -2.58. The average molecular weight is 342 g/mol. The van der Waals surface area contributed by atoms with Gasteiger partial charge in [0.1, 0.15) is 11.5 Å². The Balaban J connectivity index is 2.11. The van der Waals surface area contributed by atoms with Gasteiger partial charge in [0.25, 0.3) is 12.3 Å². The second kappa shape index (κ2) is 8.10. The maximum Gasteiger partial charge on any atom is 0.273 e. The van der Waals surface area contributed by atoms with Gasteiger partial charge >= 0.3 is 0 Å². The van der Waals surface area contributed by atoms with E-state index >= 15 is 0 Å². The summed E-state index contributed by atoms with van der Waals surface area (Å²) in [6, 6.07) is 6.34. The van der Waals surface area contributed by atoms with Crippen molar-refractivity contribution in [2.45, 2.75) is 26.2 Å². The highest BCUT2D eigenvalue weighted by atomic mass is 32.1. The molecule has 3 nitrogen and oxygen atoms in total. The molecule has 0 bridgehead atoms. The molecule has 0 saturated heterocycles. The van der Waals surface area contributed by atoms with E-state index < -0.39 is 18.9 Å². The Morgan fingerprint density at radius 2 is 2.09 bits per heavy atom. The van der Waals surface area contributed by atoms with Crippen molar-refractivity contribution in [2.24, 2.45) is 0 Å². The largest absolute Gasteiger partial charge is 0.332 e. The standard InChI is InChI=1S/C16H17F3N2OS/c1-2-7-21(9-14(18)19)16(22)13-10-23-15(20-13)8-11-5-3-4-6-12(11)17/h3-6,10,14H,2,7-9H2,1H3. The molecule has 7 heteroatoms. The van der Waals surface area contributed by atoms with Crippen LogP contribution in [0, 0.1) is 5.82 Å². The fourth-order valence-electron chi connectivity index (χ4n) is 2.17. The van der Waals surface area contributed by atoms with Gasteiger partial charge in [-0.05, 0) is 18.1 Å². The molecule has 0 aliphatic rings. The first-order valence-electron chi connectivity index (χ1n) is 7.26. The number of hydrogen-bond acceptors (Lipinski definition) is 3. The van der Waals surface area contributed by atoms with Gasteiger partial charge < -0.3 is 4.90 Å². The number of carbonyl (C=O) groups is 1. The van der Waals surface area contributed by atoms with E-state index in [9.17, 15) is 18.0 Å². The van der Waals surface area contributed by atoms with E-state index in [2.05, 4.69) is 4.98 Å². The molecule has 124 valence electrons. The molecule has 23 heavy (non-hydrogen) atoms. The zero-order valence-corrected chi connectivity index (χ0v) is 13.5. The van der Waals surface area contributed by atoms with E-state index in [1.54, 1.807) is 18.2 Å². The Morgan fingerprint density at radius 1 is 1.35 bits per heavy atom. The minimum Gasteiger partial charge on any atom is -0.332 e. The maximum atomic E-state index is 13.6. The second-order valence-corrected chi connectivity index (χ2v) is 5.98. The van der Waals surface area contributed by atoms with Crippen LogP contribution < -0.4 is 0 Å². The van der Waals surface area contributed by atoms with Crippen LogP contribution in [0.25, 0.3) is 0 Å². The normalized spacial score (nSPS) is 11.0. The highest BCUT2D eigenvalue weighted by molar-refractivity contribution is 7.09. The SMILES string of the molecule is CCCN(CC(F)F)C(=O)c1csc(Cc2ccccc2F)n1. The Labute approximate surface area is 136 Å². The van der Waals surface area contributed by atoms with E-state index in [0.717, 1.165) is 4.90 Å². The van der Waals surface area contributed by atoms with Crippen molar-refractivity contribution in [3.05, 3.63) is 51.7 Å². The smallest absolute Gasteiger partial charge is 0.273 e. The average Bonchev–Trinajstić information content (AvgIpc) is 2.96. The first kappa shape index (κ1) is 17.5. The lowest BCUT2D eigenvalue weighted by atomic mass is 10.1. The van der Waals surface area contributed by atoms with Crippen LogP contribution in [0.4, 0.5) is 13.2 Å². The van der Waals surface area contributed by atoms with Gasteiger partial charge in [0, 0.05) is 18.3 Å². The number of thiazole rings is 1. The summed E-state index contributed by atoms with van der Waals surface area (Å²) in [6.07, 6.45) is -1.72. The fourth-order valence-corrected chi connectivity index (χ4v) is 2.96. The lowest BCUT2D eigenvalue weighted by molar-refractivity contribution is 0.0551. The summed E-state index contributed by atoms with van der Waals surface area (Å²) in [5.41, 5.74) is 0.620. The lowest BCUT2D eigenvalue weighted by Crippen LogP contribution is -2.35. The van der Waals surface area contributed by atoms with Gasteiger partial charge in [-0.1, -0.05) is 25.1 Å². The summed E-state index contributed by atoms with van der Waals surface area (Å²) in [6.45, 7) is 1.46. The van der Waals surface area contributed by atoms with Crippen LogP contribution in [0.3, 0.4) is 0 Å². The predicted molar refractivity (Wildman–Crippen MR) is 83.5 cm³/mol. The van der Waals surface area contributed by atoms with Crippen molar-refractivity contribution in [3.8, 4) is 0 Å². The van der Waals surface area contributed by atoms with Crippen molar-refractivity contribution in [3.63, 3.8) is 0 Å². The van der Waals surface area contributed by atoms with E-state index in [-0.39, 0.29) is 24.5 Å². The van der Waals surface area contributed by atoms with Crippen LogP contribution in [0.5, 0.6) is 0 Å². The number of benzene rings is 1. The molecule has 1 aromatic heterocycles. The summed E-state index contributed by atoms with van der Waals surface area (Å²) in [5.74, 6) is -0.843. The van der Waals surface area contributed by atoms with Gasteiger partial charge in [-0.25, -0.2) is 18.2 Å². The predicted octanol–water partition coefficient (Wildman–Crippen LogP) is 3.99. The first-order chi connectivity index (χ1) is 11.0. The number of amides is 1. The van der Waals surface area contributed by atoms with Crippen molar-refractivity contribution < 1.29 is 18.0 Å². The summed E-state index contributed by atoms with van der Waals surface area (Å²) >= 11 is 1.22. The van der Waals surface area contributed by atoms with Crippen molar-refractivity contribution in [2.75, 3.05) is 13.1 Å². The Hall–Kier alpha value is -1.89. The van der Waals surface area contributed by atoms with Crippen LogP contribution in [-0.2, 0) is 6.42 Å². The number of rotatable bonds is 7. The molecule has 0 fully saturated rings. The third-order valence-corrected chi connectivity index (χ3v) is 4.06. The maximum absolute atomic E-state index is 13.6. The molecule has 0 aliphatic carbocycles. The van der Waals surface area contributed by atoms with Crippen LogP contribution >= 0.6 is 11.3 Å². The van der Waals surface area contributed by atoms with Crippen molar-refractivity contribution >= 4 is 17.2 Å². The summed E-state index contributed by atoms with van der Waals surface area (Å²) in [4.78, 5) is 17.5. The van der Waals surface area contributed by atoms with Crippen LogP contribution in [0.1, 0.15) is 34.4 Å². The molecule has 0 atom stereocenters. The van der Waals surface area contributed by atoms with Crippen molar-refractivity contribution in [1.82, 2.24) is 9.88 Å². The Morgan fingerprint density at radius 3 is 2.74 bits per heavy atom. The first-order valence-corrected chi connectivity index (χ1v) is 8.14. The van der Waals surface area contributed by atoms with Crippen LogP contribution in [-0.4, -0.2) is 35.3 Å². The van der Waals surface area contributed by atoms with E-state index in [1.807, 2.05) is 6.92 Å². The zero-order chi connectivity index (χ0) is 16.8. The lowest BCUT2D eigenvalue weighted by Gasteiger charge is -2.20. The Bertz CT molecular complexity index is 660. The molecule has 0 radical (unpaired) electrons. The fraction of sp³-hybridized carbons (Fsp3) is 0.375. The second-order valence-electron chi connectivity index (χ2n) is 5.04. The number of carbonyl (C=O) groups excluding carboxylic acids is 1. The number of hydrogen-bond donors (Lipinski definition) is 0. The van der Waals surface area contributed by atoms with Gasteiger partial charge in [-0.3, -0.25) is 4.79 Å². The molecule has 0 saturated carbocycles. The highest BCUT2D eigenvalue weighted by Crippen LogP contribution is 2.18.